The van der Waals surface area contributed by atoms with Gasteiger partial charge in [-0.25, -0.2) is 9.55 Å². The SMILES string of the molecule is CCOC(=O)C(N)CSSCc1c(C)c(OC)cc[n+]1-c1nc2cc3c(cc2[nH]1)C(C)(C)C(=O)C3(C)C. The van der Waals surface area contributed by atoms with E-state index in [-0.39, 0.29) is 11.8 Å². The molecule has 1 aliphatic rings. The zero-order valence-corrected chi connectivity index (χ0v) is 24.1. The van der Waals surface area contributed by atoms with Crippen molar-refractivity contribution >= 4 is 44.4 Å². The maximum absolute atomic E-state index is 13.1. The second-order valence-electron chi connectivity index (χ2n) is 10.3. The normalized spacial score (nSPS) is 16.6. The first-order chi connectivity index (χ1) is 17.4. The number of nitrogens with one attached hydrogen (secondary N) is 1. The fourth-order valence-electron chi connectivity index (χ4n) is 5.03. The lowest BCUT2D eigenvalue weighted by atomic mass is 9.80. The number of carbonyl (C=O) groups is 2. The van der Waals surface area contributed by atoms with Gasteiger partial charge in [0.2, 0.25) is 0 Å². The van der Waals surface area contributed by atoms with Crippen LogP contribution >= 0.6 is 21.6 Å². The molecule has 0 bridgehead atoms. The first-order valence-electron chi connectivity index (χ1n) is 12.3. The largest absolute Gasteiger partial charge is 0.496 e. The van der Waals surface area contributed by atoms with Gasteiger partial charge in [0, 0.05) is 28.2 Å². The third-order valence-corrected chi connectivity index (χ3v) is 9.44. The Labute approximate surface area is 225 Å². The summed E-state index contributed by atoms with van der Waals surface area (Å²) in [7, 11) is 4.80. The van der Waals surface area contributed by atoms with Gasteiger partial charge in [0.05, 0.1) is 25.7 Å². The van der Waals surface area contributed by atoms with Crippen molar-refractivity contribution in [3.8, 4) is 11.7 Å². The molecule has 37 heavy (non-hydrogen) atoms. The Morgan fingerprint density at radius 2 is 1.86 bits per heavy atom. The standard InChI is InChI=1S/C27H35N4O4S2/c1-8-35-23(32)18(28)13-36-37-14-21-15(2)22(34-7)9-10-31(21)25-29-19-11-16-17(12-20(19)30-25)27(5,6)24(33)26(16,3)4/h9-12,18H,8,13-14,28H2,1-7H3,(H,29,30)/q+1. The minimum absolute atomic E-state index is 0.225. The first kappa shape index (κ1) is 27.5. The molecule has 1 unspecified atom stereocenters. The number of nitrogens with zero attached hydrogens (tertiary/aromatic N) is 2. The molecule has 8 nitrogen and oxygen atoms in total. The van der Waals surface area contributed by atoms with Gasteiger partial charge in [-0.1, -0.05) is 26.6 Å². The third kappa shape index (κ3) is 4.86. The highest BCUT2D eigenvalue weighted by atomic mass is 33.1. The minimum atomic E-state index is -0.659. The van der Waals surface area contributed by atoms with Gasteiger partial charge >= 0.3 is 11.9 Å². The Morgan fingerprint density at radius 1 is 1.19 bits per heavy atom. The van der Waals surface area contributed by atoms with Crippen LogP contribution in [0.1, 0.15) is 57.0 Å². The van der Waals surface area contributed by atoms with Gasteiger partial charge in [-0.2, -0.15) is 0 Å². The molecule has 2 heterocycles. The number of aromatic nitrogens is 3. The molecule has 1 aliphatic carbocycles. The van der Waals surface area contributed by atoms with Crippen molar-refractivity contribution < 1.29 is 23.6 Å². The monoisotopic (exact) mass is 543 g/mol. The molecule has 10 heteroatoms. The summed E-state index contributed by atoms with van der Waals surface area (Å²) in [5, 5.41) is 0. The number of pyridine rings is 1. The van der Waals surface area contributed by atoms with Crippen LogP contribution < -0.4 is 15.0 Å². The lowest BCUT2D eigenvalue weighted by Gasteiger charge is -2.21. The van der Waals surface area contributed by atoms with E-state index in [0.29, 0.717) is 24.1 Å². The van der Waals surface area contributed by atoms with E-state index < -0.39 is 16.9 Å². The van der Waals surface area contributed by atoms with Crippen molar-refractivity contribution in [1.29, 1.82) is 0 Å². The Morgan fingerprint density at radius 3 is 2.51 bits per heavy atom. The van der Waals surface area contributed by atoms with Crippen molar-refractivity contribution in [3.05, 3.63) is 46.8 Å². The van der Waals surface area contributed by atoms with Crippen molar-refractivity contribution in [3.63, 3.8) is 0 Å². The Kier molecular flexibility index (Phi) is 7.65. The summed E-state index contributed by atoms with van der Waals surface area (Å²) in [4.78, 5) is 33.3. The predicted molar refractivity (Wildman–Crippen MR) is 148 cm³/mol. The summed E-state index contributed by atoms with van der Waals surface area (Å²) in [6.07, 6.45) is 1.94. The van der Waals surface area contributed by atoms with Gasteiger partial charge in [-0.15, -0.1) is 0 Å². The molecule has 3 aromatic rings. The number of esters is 1. The number of hydrogen-bond donors (Lipinski definition) is 2. The Balaban J connectivity index is 1.66. The van der Waals surface area contributed by atoms with Crippen LogP contribution in [0.5, 0.6) is 5.75 Å². The number of carbonyl (C=O) groups excluding carboxylic acids is 2. The average Bonchev–Trinajstić information content (AvgIpc) is 3.33. The molecule has 0 amide bonds. The number of fused-ring (bicyclic) bond motifs is 2. The molecule has 0 radical (unpaired) electrons. The predicted octanol–water partition coefficient (Wildman–Crippen LogP) is 4.07. The van der Waals surface area contributed by atoms with E-state index in [2.05, 4.69) is 17.1 Å². The van der Waals surface area contributed by atoms with Crippen LogP contribution in [0.2, 0.25) is 0 Å². The number of imidazole rings is 1. The van der Waals surface area contributed by atoms with E-state index in [9.17, 15) is 9.59 Å². The van der Waals surface area contributed by atoms with E-state index in [0.717, 1.165) is 39.2 Å². The van der Waals surface area contributed by atoms with Crippen LogP contribution in [-0.4, -0.2) is 47.2 Å². The van der Waals surface area contributed by atoms with Gasteiger partial charge in [0.15, 0.2) is 11.3 Å². The minimum Gasteiger partial charge on any atom is -0.496 e. The van der Waals surface area contributed by atoms with Crippen LogP contribution in [0.25, 0.3) is 17.0 Å². The van der Waals surface area contributed by atoms with Crippen molar-refractivity contribution in [2.45, 2.75) is 64.2 Å². The molecule has 2 aromatic heterocycles. The topological polar surface area (TPSA) is 111 Å². The summed E-state index contributed by atoms with van der Waals surface area (Å²) < 4.78 is 12.6. The average molecular weight is 544 g/mol. The van der Waals surface area contributed by atoms with Crippen LogP contribution in [0, 0.1) is 6.92 Å². The number of benzene rings is 1. The van der Waals surface area contributed by atoms with Gasteiger partial charge in [-0.3, -0.25) is 9.59 Å². The summed E-state index contributed by atoms with van der Waals surface area (Å²) in [5.74, 6) is 2.42. The number of aromatic amines is 1. The maximum atomic E-state index is 13.1. The highest BCUT2D eigenvalue weighted by molar-refractivity contribution is 8.76. The van der Waals surface area contributed by atoms with E-state index in [4.69, 9.17) is 20.2 Å². The summed E-state index contributed by atoms with van der Waals surface area (Å²) in [6, 6.07) is 5.39. The molecule has 1 atom stereocenters. The molecule has 0 saturated carbocycles. The summed E-state index contributed by atoms with van der Waals surface area (Å²) >= 11 is 0. The lowest BCUT2D eigenvalue weighted by Crippen LogP contribution is -2.37. The zero-order valence-electron chi connectivity index (χ0n) is 22.4. The number of methoxy groups -OCH3 is 1. The quantitative estimate of drug-likeness (QED) is 0.180. The number of nitrogens with two attached hydrogens (primary N) is 1. The van der Waals surface area contributed by atoms with Gasteiger partial charge in [0.25, 0.3) is 0 Å². The number of H-pyrrole nitrogens is 1. The van der Waals surface area contributed by atoms with Gasteiger partial charge < -0.3 is 15.2 Å². The fraction of sp³-hybridized carbons (Fsp3) is 0.481. The molecular weight excluding hydrogens is 508 g/mol. The molecule has 1 aromatic carbocycles. The smallest absolute Gasteiger partial charge is 0.402 e. The summed E-state index contributed by atoms with van der Waals surface area (Å²) in [6.45, 7) is 12.1. The Bertz CT molecular complexity index is 1310. The van der Waals surface area contributed by atoms with Crippen molar-refractivity contribution in [1.82, 2.24) is 9.97 Å². The van der Waals surface area contributed by atoms with Gasteiger partial charge in [-0.05, 0) is 64.8 Å². The van der Waals surface area contributed by atoms with Crippen LogP contribution in [0.15, 0.2) is 24.4 Å². The summed E-state index contributed by atoms with van der Waals surface area (Å²) in [5.41, 5.74) is 10.6. The van der Waals surface area contributed by atoms with E-state index >= 15 is 0 Å². The highest BCUT2D eigenvalue weighted by Gasteiger charge is 2.50. The molecule has 198 valence electrons. The van der Waals surface area contributed by atoms with Crippen LogP contribution in [0.3, 0.4) is 0 Å². The second kappa shape index (κ2) is 10.3. The zero-order chi connectivity index (χ0) is 27.1. The van der Waals surface area contributed by atoms with Crippen LogP contribution in [0.4, 0.5) is 0 Å². The third-order valence-electron chi connectivity index (χ3n) is 7.12. The van der Waals surface area contributed by atoms with E-state index in [1.807, 2.05) is 51.4 Å². The molecule has 0 aliphatic heterocycles. The van der Waals surface area contributed by atoms with Gasteiger partial charge in [0.1, 0.15) is 23.0 Å². The van der Waals surface area contributed by atoms with Crippen molar-refractivity contribution in [2.75, 3.05) is 19.5 Å². The lowest BCUT2D eigenvalue weighted by molar-refractivity contribution is -0.610. The molecule has 0 spiro atoms. The number of hydrogen-bond acceptors (Lipinski definition) is 8. The van der Waals surface area contributed by atoms with E-state index in [1.165, 1.54) is 10.8 Å². The fourth-order valence-corrected chi connectivity index (χ4v) is 7.27. The maximum Gasteiger partial charge on any atom is 0.402 e. The second-order valence-corrected chi connectivity index (χ2v) is 12.8. The first-order valence-corrected chi connectivity index (χ1v) is 14.8. The number of ether oxygens (including phenoxy) is 2. The van der Waals surface area contributed by atoms with Crippen LogP contribution in [-0.2, 0) is 30.9 Å². The van der Waals surface area contributed by atoms with Crippen molar-refractivity contribution in [2.24, 2.45) is 5.73 Å². The molecule has 4 rings (SSSR count). The number of Topliss-reactive ketones (excluding diaryl/α,β-unsaturated/α-hetero) is 1. The molecular formula is C27H35N4O4S2+. The molecule has 0 saturated heterocycles. The van der Waals surface area contributed by atoms with E-state index in [1.54, 1.807) is 24.8 Å². The highest BCUT2D eigenvalue weighted by Crippen LogP contribution is 2.47. The number of ketones is 1. The molecule has 3 N–H and O–H groups in total. The number of rotatable bonds is 9. The Hall–Kier alpha value is -2.56. The molecule has 0 fully saturated rings.